The lowest BCUT2D eigenvalue weighted by Gasteiger charge is -2.28. The summed E-state index contributed by atoms with van der Waals surface area (Å²) >= 11 is 0. The van der Waals surface area contributed by atoms with E-state index in [1.165, 1.54) is 24.3 Å². The number of carbonyl (C=O) groups excluding carboxylic acids is 1. The SMILES string of the molecule is NS(=O)(=O)c1ccc(CCN(Cc2ccc(F)cc2)C(=O)CN(CCC(=O)O)CCc2ccccc2)cc1. The molecule has 1 amide bonds. The summed E-state index contributed by atoms with van der Waals surface area (Å²) in [4.78, 5) is 28.2. The Labute approximate surface area is 222 Å². The maximum Gasteiger partial charge on any atom is 0.304 e. The molecule has 0 bridgehead atoms. The minimum atomic E-state index is -3.80. The van der Waals surface area contributed by atoms with Crippen LogP contribution in [0.15, 0.2) is 83.8 Å². The highest BCUT2D eigenvalue weighted by Gasteiger charge is 2.19. The first kappa shape index (κ1) is 29.0. The van der Waals surface area contributed by atoms with Crippen molar-refractivity contribution >= 4 is 21.9 Å². The molecule has 0 unspecified atom stereocenters. The highest BCUT2D eigenvalue weighted by atomic mass is 32.2. The molecule has 0 aromatic heterocycles. The molecule has 3 rings (SSSR count). The molecule has 0 aliphatic heterocycles. The number of halogens is 1. The highest BCUT2D eigenvalue weighted by Crippen LogP contribution is 2.13. The number of hydrogen-bond acceptors (Lipinski definition) is 5. The van der Waals surface area contributed by atoms with Crippen LogP contribution >= 0.6 is 0 Å². The Balaban J connectivity index is 1.72. The van der Waals surface area contributed by atoms with Gasteiger partial charge in [0, 0.05) is 26.2 Å². The molecule has 202 valence electrons. The van der Waals surface area contributed by atoms with Gasteiger partial charge in [0.15, 0.2) is 0 Å². The zero-order valence-electron chi connectivity index (χ0n) is 21.0. The second kappa shape index (κ2) is 13.8. The van der Waals surface area contributed by atoms with Gasteiger partial charge in [-0.3, -0.25) is 14.5 Å². The van der Waals surface area contributed by atoms with Gasteiger partial charge in [-0.1, -0.05) is 54.6 Å². The standard InChI is InChI=1S/C28H32FN3O5S/c29-25-10-6-24(7-11-25)20-32(19-15-23-8-12-26(13-9-23)38(30,36)37)27(33)21-31(18-16-28(34)35)17-14-22-4-2-1-3-5-22/h1-13H,14-21H2,(H,34,35)(H2,30,36,37). The predicted molar refractivity (Wildman–Crippen MR) is 142 cm³/mol. The van der Waals surface area contributed by atoms with Crippen LogP contribution in [-0.4, -0.2) is 61.4 Å². The Morgan fingerprint density at radius 1 is 0.789 bits per heavy atom. The summed E-state index contributed by atoms with van der Waals surface area (Å²) in [5.41, 5.74) is 2.66. The number of primary sulfonamides is 1. The lowest BCUT2D eigenvalue weighted by molar-refractivity contribution is -0.138. The van der Waals surface area contributed by atoms with Crippen LogP contribution in [0.5, 0.6) is 0 Å². The number of sulfonamides is 1. The van der Waals surface area contributed by atoms with E-state index in [1.54, 1.807) is 29.2 Å². The Morgan fingerprint density at radius 2 is 1.37 bits per heavy atom. The normalized spacial score (nSPS) is 11.4. The van der Waals surface area contributed by atoms with Crippen LogP contribution in [0.2, 0.25) is 0 Å². The Kier molecular flexibility index (Phi) is 10.5. The third-order valence-electron chi connectivity index (χ3n) is 6.12. The number of nitrogens with zero attached hydrogens (tertiary/aromatic N) is 2. The summed E-state index contributed by atoms with van der Waals surface area (Å²) in [7, 11) is -3.80. The van der Waals surface area contributed by atoms with Crippen molar-refractivity contribution in [2.24, 2.45) is 5.14 Å². The van der Waals surface area contributed by atoms with Crippen LogP contribution in [0.1, 0.15) is 23.1 Å². The first-order chi connectivity index (χ1) is 18.1. The minimum Gasteiger partial charge on any atom is -0.481 e. The van der Waals surface area contributed by atoms with Gasteiger partial charge in [0.1, 0.15) is 5.82 Å². The smallest absolute Gasteiger partial charge is 0.304 e. The Bertz CT molecular complexity index is 1300. The van der Waals surface area contributed by atoms with E-state index in [0.717, 1.165) is 16.7 Å². The molecule has 0 aliphatic rings. The van der Waals surface area contributed by atoms with Gasteiger partial charge in [-0.25, -0.2) is 17.9 Å². The van der Waals surface area contributed by atoms with Gasteiger partial charge in [-0.2, -0.15) is 0 Å². The van der Waals surface area contributed by atoms with Gasteiger partial charge >= 0.3 is 5.97 Å². The van der Waals surface area contributed by atoms with Crippen molar-refractivity contribution in [2.75, 3.05) is 26.2 Å². The molecule has 10 heteroatoms. The van der Waals surface area contributed by atoms with Crippen LogP contribution in [0.25, 0.3) is 0 Å². The zero-order chi connectivity index (χ0) is 27.5. The molecule has 3 aromatic rings. The number of carbonyl (C=O) groups is 2. The molecular weight excluding hydrogens is 509 g/mol. The first-order valence-corrected chi connectivity index (χ1v) is 13.8. The van der Waals surface area contributed by atoms with E-state index >= 15 is 0 Å². The van der Waals surface area contributed by atoms with Crippen LogP contribution in [0.3, 0.4) is 0 Å². The van der Waals surface area contributed by atoms with Crippen molar-refractivity contribution < 1.29 is 27.5 Å². The molecule has 0 spiro atoms. The van der Waals surface area contributed by atoms with Gasteiger partial charge in [0.2, 0.25) is 15.9 Å². The fourth-order valence-electron chi connectivity index (χ4n) is 3.96. The molecular formula is C28H32FN3O5S. The molecule has 0 aliphatic carbocycles. The second-order valence-corrected chi connectivity index (χ2v) is 10.6. The third-order valence-corrected chi connectivity index (χ3v) is 7.05. The summed E-state index contributed by atoms with van der Waals surface area (Å²) in [6.07, 6.45) is 1.04. The van der Waals surface area contributed by atoms with Crippen LogP contribution < -0.4 is 5.14 Å². The molecule has 8 nitrogen and oxygen atoms in total. The van der Waals surface area contributed by atoms with Gasteiger partial charge in [-0.05, 0) is 53.8 Å². The lowest BCUT2D eigenvalue weighted by Crippen LogP contribution is -2.42. The maximum atomic E-state index is 13.5. The van der Waals surface area contributed by atoms with Crippen LogP contribution in [0.4, 0.5) is 4.39 Å². The Hall–Kier alpha value is -3.60. The molecule has 0 heterocycles. The summed E-state index contributed by atoms with van der Waals surface area (Å²) in [5, 5.41) is 14.4. The number of rotatable bonds is 14. The number of carboxylic acids is 1. The molecule has 3 aromatic carbocycles. The number of hydrogen-bond donors (Lipinski definition) is 2. The topological polar surface area (TPSA) is 121 Å². The summed E-state index contributed by atoms with van der Waals surface area (Å²) in [6, 6.07) is 21.8. The van der Waals surface area contributed by atoms with Gasteiger partial charge in [-0.15, -0.1) is 0 Å². The number of amides is 1. The average Bonchev–Trinajstić information content (AvgIpc) is 2.89. The molecule has 0 fully saturated rings. The van der Waals surface area contributed by atoms with Crippen molar-refractivity contribution in [1.29, 1.82) is 0 Å². The van der Waals surface area contributed by atoms with Gasteiger partial charge in [0.25, 0.3) is 0 Å². The molecule has 0 saturated carbocycles. The van der Waals surface area contributed by atoms with E-state index in [0.29, 0.717) is 25.9 Å². The molecule has 3 N–H and O–H groups in total. The monoisotopic (exact) mass is 541 g/mol. The van der Waals surface area contributed by atoms with Crippen molar-refractivity contribution in [2.45, 2.75) is 30.7 Å². The molecule has 0 saturated heterocycles. The van der Waals surface area contributed by atoms with Gasteiger partial charge < -0.3 is 10.0 Å². The minimum absolute atomic E-state index is 0.00739. The summed E-state index contributed by atoms with van der Waals surface area (Å²) < 4.78 is 36.5. The summed E-state index contributed by atoms with van der Waals surface area (Å²) in [5.74, 6) is -1.50. The number of benzene rings is 3. The van der Waals surface area contributed by atoms with Crippen molar-refractivity contribution in [3.05, 3.63) is 101 Å². The molecule has 0 atom stereocenters. The van der Waals surface area contributed by atoms with Crippen molar-refractivity contribution in [1.82, 2.24) is 9.80 Å². The van der Waals surface area contributed by atoms with E-state index in [9.17, 15) is 27.5 Å². The second-order valence-electron chi connectivity index (χ2n) is 9.04. The zero-order valence-corrected chi connectivity index (χ0v) is 21.8. The van der Waals surface area contributed by atoms with E-state index in [-0.39, 0.29) is 42.7 Å². The third kappa shape index (κ3) is 9.70. The van der Waals surface area contributed by atoms with E-state index in [4.69, 9.17) is 5.14 Å². The quantitative estimate of drug-likeness (QED) is 0.324. The predicted octanol–water partition coefficient (Wildman–Crippen LogP) is 3.06. The van der Waals surface area contributed by atoms with E-state index < -0.39 is 16.0 Å². The first-order valence-electron chi connectivity index (χ1n) is 12.2. The number of carboxylic acid groups (broad SMARTS) is 1. The van der Waals surface area contributed by atoms with E-state index in [2.05, 4.69) is 0 Å². The van der Waals surface area contributed by atoms with Crippen molar-refractivity contribution in [3.63, 3.8) is 0 Å². The Morgan fingerprint density at radius 3 is 1.97 bits per heavy atom. The van der Waals surface area contributed by atoms with Gasteiger partial charge in [0.05, 0.1) is 17.9 Å². The highest BCUT2D eigenvalue weighted by molar-refractivity contribution is 7.89. The van der Waals surface area contributed by atoms with Crippen LogP contribution in [-0.2, 0) is 39.0 Å². The number of aliphatic carboxylic acids is 1. The fraction of sp³-hybridized carbons (Fsp3) is 0.286. The fourth-order valence-corrected chi connectivity index (χ4v) is 4.47. The maximum absolute atomic E-state index is 13.5. The molecule has 0 radical (unpaired) electrons. The average molecular weight is 542 g/mol. The lowest BCUT2D eigenvalue weighted by atomic mass is 10.1. The van der Waals surface area contributed by atoms with E-state index in [1.807, 2.05) is 35.2 Å². The van der Waals surface area contributed by atoms with Crippen molar-refractivity contribution in [3.8, 4) is 0 Å². The molecule has 38 heavy (non-hydrogen) atoms. The number of nitrogens with two attached hydrogens (primary N) is 1. The summed E-state index contributed by atoms with van der Waals surface area (Å²) in [6.45, 7) is 1.36. The van der Waals surface area contributed by atoms with Crippen LogP contribution in [0, 0.1) is 5.82 Å². The largest absolute Gasteiger partial charge is 0.481 e.